The molecule has 6 N–H and O–H groups in total. The van der Waals surface area contributed by atoms with Crippen molar-refractivity contribution >= 4 is 5.91 Å². The lowest BCUT2D eigenvalue weighted by Crippen LogP contribution is -2.54. The van der Waals surface area contributed by atoms with E-state index < -0.39 is 42.7 Å². The molecule has 8 nitrogen and oxygen atoms in total. The highest BCUT2D eigenvalue weighted by atomic mass is 16.5. The third-order valence-electron chi connectivity index (χ3n) is 4.41. The van der Waals surface area contributed by atoms with Crippen molar-refractivity contribution in [2.24, 2.45) is 0 Å². The van der Waals surface area contributed by atoms with Crippen LogP contribution in [0.3, 0.4) is 0 Å². The first-order valence-electron chi connectivity index (χ1n) is 8.63. The largest absolute Gasteiger partial charge is 0.390 e. The van der Waals surface area contributed by atoms with E-state index in [1.165, 1.54) is 0 Å². The molecule has 142 valence electrons. The summed E-state index contributed by atoms with van der Waals surface area (Å²) in [6, 6.07) is -0.824. The lowest BCUT2D eigenvalue weighted by atomic mass is 9.89. The quantitative estimate of drug-likeness (QED) is 0.303. The lowest BCUT2D eigenvalue weighted by molar-refractivity contribution is -0.159. The van der Waals surface area contributed by atoms with Crippen LogP contribution in [0.25, 0.3) is 0 Å². The topological polar surface area (TPSA) is 139 Å². The predicted octanol–water partition coefficient (Wildman–Crippen LogP) is -1.34. The fraction of sp³-hybridized carbons (Fsp3) is 0.938. The minimum atomic E-state index is -1.29. The van der Waals surface area contributed by atoms with Crippen LogP contribution < -0.4 is 5.32 Å². The van der Waals surface area contributed by atoms with Gasteiger partial charge in [-0.05, 0) is 25.7 Å². The number of hydrogen-bond acceptors (Lipinski definition) is 7. The molecule has 0 radical (unpaired) electrons. The van der Waals surface area contributed by atoms with Crippen LogP contribution in [-0.2, 0) is 9.53 Å². The molecule has 1 rings (SSSR count). The van der Waals surface area contributed by atoms with Gasteiger partial charge in [-0.25, -0.2) is 0 Å². The Morgan fingerprint density at radius 1 is 1.17 bits per heavy atom. The Bertz CT molecular complexity index is 381. The first-order chi connectivity index (χ1) is 11.3. The first kappa shape index (κ1) is 21.3. The maximum atomic E-state index is 11.8. The minimum absolute atomic E-state index is 0.113. The van der Waals surface area contributed by atoms with E-state index in [1.807, 2.05) is 6.92 Å². The normalized spacial score (nSPS) is 31.3. The number of hydrogen-bond donors (Lipinski definition) is 6. The maximum Gasteiger partial charge on any atom is 0.220 e. The molecule has 0 aliphatic heterocycles. The minimum Gasteiger partial charge on any atom is -0.390 e. The number of ether oxygens (including phenoxy) is 1. The molecular weight excluding hydrogens is 318 g/mol. The summed E-state index contributed by atoms with van der Waals surface area (Å²) in [6.45, 7) is 3.45. The van der Waals surface area contributed by atoms with Gasteiger partial charge in [-0.2, -0.15) is 0 Å². The zero-order valence-electron chi connectivity index (χ0n) is 14.3. The van der Waals surface area contributed by atoms with Gasteiger partial charge in [0, 0.05) is 6.42 Å². The molecule has 0 heterocycles. The fourth-order valence-electron chi connectivity index (χ4n) is 2.77. The molecular formula is C16H31NO7. The Hall–Kier alpha value is -0.770. The summed E-state index contributed by atoms with van der Waals surface area (Å²) in [5.74, 6) is -0.256. The van der Waals surface area contributed by atoms with Crippen LogP contribution in [0.5, 0.6) is 0 Å². The number of carbonyl (C=O) groups excluding carboxylic acids is 1. The summed E-state index contributed by atoms with van der Waals surface area (Å²) in [5.41, 5.74) is 0. The van der Waals surface area contributed by atoms with Crippen LogP contribution in [0.4, 0.5) is 0 Å². The predicted molar refractivity (Wildman–Crippen MR) is 86.1 cm³/mol. The highest BCUT2D eigenvalue weighted by Crippen LogP contribution is 2.23. The van der Waals surface area contributed by atoms with E-state index >= 15 is 0 Å². The molecule has 1 aliphatic rings. The number of nitrogens with one attached hydrogen (secondary N) is 1. The number of amides is 1. The Balaban J connectivity index is 2.65. The van der Waals surface area contributed by atoms with Gasteiger partial charge in [-0.15, -0.1) is 0 Å². The van der Waals surface area contributed by atoms with Crippen LogP contribution in [0.2, 0.25) is 0 Å². The van der Waals surface area contributed by atoms with E-state index in [0.29, 0.717) is 25.7 Å². The van der Waals surface area contributed by atoms with E-state index in [1.54, 1.807) is 6.92 Å². The van der Waals surface area contributed by atoms with Gasteiger partial charge in [-0.3, -0.25) is 4.79 Å². The summed E-state index contributed by atoms with van der Waals surface area (Å²) in [4.78, 5) is 11.8. The molecule has 0 aromatic rings. The van der Waals surface area contributed by atoms with Crippen LogP contribution in [0.15, 0.2) is 0 Å². The van der Waals surface area contributed by atoms with Gasteiger partial charge in [-0.1, -0.05) is 13.8 Å². The van der Waals surface area contributed by atoms with Crippen LogP contribution in [0.1, 0.15) is 46.0 Å². The fourth-order valence-corrected chi connectivity index (χ4v) is 2.77. The Labute approximate surface area is 142 Å². The Kier molecular flexibility index (Phi) is 9.11. The lowest BCUT2D eigenvalue weighted by Gasteiger charge is -2.36. The number of aliphatic hydroxyl groups is 5. The van der Waals surface area contributed by atoms with E-state index in [2.05, 4.69) is 5.32 Å². The zero-order chi connectivity index (χ0) is 18.3. The van der Waals surface area contributed by atoms with Gasteiger partial charge in [0.15, 0.2) is 0 Å². The molecule has 1 fully saturated rings. The van der Waals surface area contributed by atoms with Gasteiger partial charge in [0.2, 0.25) is 5.91 Å². The molecule has 0 bridgehead atoms. The molecule has 8 heteroatoms. The van der Waals surface area contributed by atoms with Gasteiger partial charge in [0.05, 0.1) is 31.0 Å². The highest BCUT2D eigenvalue weighted by Gasteiger charge is 2.38. The SMILES string of the molecule is CCCC(=O)N[C@@H](CO[C@H]1CC[C@H](O)[C@H](O)[C@H]1O)[C@H](O)[C@H](O)CC. The highest BCUT2D eigenvalue weighted by molar-refractivity contribution is 5.76. The Morgan fingerprint density at radius 3 is 2.42 bits per heavy atom. The molecule has 1 amide bonds. The second-order valence-corrected chi connectivity index (χ2v) is 6.39. The van der Waals surface area contributed by atoms with Crippen molar-refractivity contribution < 1.29 is 35.1 Å². The number of aliphatic hydroxyl groups excluding tert-OH is 5. The van der Waals surface area contributed by atoms with Crippen molar-refractivity contribution in [2.45, 2.75) is 88.6 Å². The van der Waals surface area contributed by atoms with Crippen molar-refractivity contribution in [1.29, 1.82) is 0 Å². The van der Waals surface area contributed by atoms with Gasteiger partial charge < -0.3 is 35.6 Å². The van der Waals surface area contributed by atoms with Crippen molar-refractivity contribution in [2.75, 3.05) is 6.61 Å². The van der Waals surface area contributed by atoms with E-state index in [9.17, 15) is 30.3 Å². The molecule has 0 spiro atoms. The molecule has 24 heavy (non-hydrogen) atoms. The third-order valence-corrected chi connectivity index (χ3v) is 4.41. The molecule has 0 unspecified atom stereocenters. The molecule has 1 aliphatic carbocycles. The second kappa shape index (κ2) is 10.3. The molecule has 1 saturated carbocycles. The van der Waals surface area contributed by atoms with Gasteiger partial charge in [0.25, 0.3) is 0 Å². The summed E-state index contributed by atoms with van der Waals surface area (Å²) in [6.07, 6.45) is -4.55. The molecule has 0 aromatic heterocycles. The summed E-state index contributed by atoms with van der Waals surface area (Å²) < 4.78 is 5.56. The standard InChI is InChI=1S/C16H31NO7/c1-3-5-13(20)17-9(14(21)10(18)4-2)8-24-12-7-6-11(19)15(22)16(12)23/h9-12,14-16,18-19,21-23H,3-8H2,1-2H3,(H,17,20)/t9-,10+,11-,12-,14-,15-,16-/m0/s1. The maximum absolute atomic E-state index is 11.8. The first-order valence-corrected chi connectivity index (χ1v) is 8.63. The zero-order valence-corrected chi connectivity index (χ0v) is 14.3. The molecule has 7 atom stereocenters. The van der Waals surface area contributed by atoms with Crippen molar-refractivity contribution in [1.82, 2.24) is 5.32 Å². The van der Waals surface area contributed by atoms with Crippen LogP contribution in [-0.4, -0.2) is 80.7 Å². The van der Waals surface area contributed by atoms with E-state index in [4.69, 9.17) is 4.74 Å². The average molecular weight is 349 g/mol. The monoisotopic (exact) mass is 349 g/mol. The van der Waals surface area contributed by atoms with E-state index in [-0.39, 0.29) is 18.9 Å². The smallest absolute Gasteiger partial charge is 0.220 e. The molecule has 0 saturated heterocycles. The Morgan fingerprint density at radius 2 is 1.83 bits per heavy atom. The number of carbonyl (C=O) groups is 1. The van der Waals surface area contributed by atoms with Gasteiger partial charge in [0.1, 0.15) is 18.3 Å². The van der Waals surface area contributed by atoms with Crippen molar-refractivity contribution in [3.63, 3.8) is 0 Å². The van der Waals surface area contributed by atoms with Crippen molar-refractivity contribution in [3.05, 3.63) is 0 Å². The third kappa shape index (κ3) is 5.94. The van der Waals surface area contributed by atoms with Crippen molar-refractivity contribution in [3.8, 4) is 0 Å². The van der Waals surface area contributed by atoms with Crippen LogP contribution in [0, 0.1) is 0 Å². The molecule has 0 aromatic carbocycles. The van der Waals surface area contributed by atoms with Crippen LogP contribution >= 0.6 is 0 Å². The number of rotatable bonds is 9. The summed E-state index contributed by atoms with van der Waals surface area (Å²) in [7, 11) is 0. The van der Waals surface area contributed by atoms with Gasteiger partial charge >= 0.3 is 0 Å². The second-order valence-electron chi connectivity index (χ2n) is 6.39. The van der Waals surface area contributed by atoms with E-state index in [0.717, 1.165) is 0 Å². The summed E-state index contributed by atoms with van der Waals surface area (Å²) in [5, 5.41) is 51.8. The average Bonchev–Trinajstić information content (AvgIpc) is 2.56. The summed E-state index contributed by atoms with van der Waals surface area (Å²) >= 11 is 0.